The van der Waals surface area contributed by atoms with Crippen LogP contribution in [0.1, 0.15) is 57.2 Å². The highest BCUT2D eigenvalue weighted by molar-refractivity contribution is 7.09. The van der Waals surface area contributed by atoms with Crippen LogP contribution in [0, 0.1) is 12.8 Å². The Bertz CT molecular complexity index is 525. The van der Waals surface area contributed by atoms with Crippen LogP contribution in [0.3, 0.4) is 0 Å². The number of carbonyl (C=O) groups excluding carboxylic acids is 1. The smallest absolute Gasteiger partial charge is 0.407 e. The van der Waals surface area contributed by atoms with E-state index in [4.69, 9.17) is 4.74 Å². The number of rotatable bonds is 6. The molecule has 1 aromatic heterocycles. The van der Waals surface area contributed by atoms with Crippen LogP contribution < -0.4 is 10.6 Å². The molecule has 2 rings (SSSR count). The molecule has 1 saturated carbocycles. The minimum Gasteiger partial charge on any atom is -0.444 e. The molecule has 1 aromatic rings. The van der Waals surface area contributed by atoms with E-state index in [0.29, 0.717) is 18.5 Å². The first-order valence-electron chi connectivity index (χ1n) is 8.95. The van der Waals surface area contributed by atoms with E-state index < -0.39 is 5.60 Å². The average molecular weight is 354 g/mol. The SMILES string of the molecule is Cc1csc(CCNC2CCCCC2CNC(=O)OC(C)(C)C)n1. The molecule has 1 fully saturated rings. The van der Waals surface area contributed by atoms with Gasteiger partial charge in [-0.1, -0.05) is 12.8 Å². The van der Waals surface area contributed by atoms with Gasteiger partial charge in [0.05, 0.1) is 5.01 Å². The van der Waals surface area contributed by atoms with Gasteiger partial charge in [-0.05, 0) is 46.5 Å². The van der Waals surface area contributed by atoms with Gasteiger partial charge in [0.2, 0.25) is 0 Å². The third-order valence-corrected chi connectivity index (χ3v) is 5.25. The topological polar surface area (TPSA) is 63.2 Å². The van der Waals surface area contributed by atoms with Crippen LogP contribution in [-0.4, -0.2) is 35.8 Å². The van der Waals surface area contributed by atoms with Gasteiger partial charge in [0, 0.05) is 36.6 Å². The molecule has 2 N–H and O–H groups in total. The van der Waals surface area contributed by atoms with Gasteiger partial charge in [0.25, 0.3) is 0 Å². The van der Waals surface area contributed by atoms with Gasteiger partial charge >= 0.3 is 6.09 Å². The molecule has 24 heavy (non-hydrogen) atoms. The van der Waals surface area contributed by atoms with Crippen LogP contribution in [0.15, 0.2) is 5.38 Å². The summed E-state index contributed by atoms with van der Waals surface area (Å²) in [7, 11) is 0. The Morgan fingerprint density at radius 1 is 1.38 bits per heavy atom. The maximum Gasteiger partial charge on any atom is 0.407 e. The van der Waals surface area contributed by atoms with E-state index in [2.05, 4.69) is 21.0 Å². The minimum absolute atomic E-state index is 0.315. The van der Waals surface area contributed by atoms with Crippen molar-refractivity contribution < 1.29 is 9.53 Å². The second kappa shape index (κ2) is 8.81. The molecule has 2 atom stereocenters. The van der Waals surface area contributed by atoms with E-state index in [1.165, 1.54) is 24.3 Å². The molecule has 0 aromatic carbocycles. The van der Waals surface area contributed by atoms with E-state index in [-0.39, 0.29) is 6.09 Å². The largest absolute Gasteiger partial charge is 0.444 e. The molecule has 0 spiro atoms. The number of ether oxygens (including phenoxy) is 1. The Hall–Kier alpha value is -1.14. The molecule has 136 valence electrons. The highest BCUT2D eigenvalue weighted by Gasteiger charge is 2.26. The summed E-state index contributed by atoms with van der Waals surface area (Å²) in [6, 6.07) is 0.467. The van der Waals surface area contributed by atoms with E-state index in [1.54, 1.807) is 11.3 Å². The third-order valence-electron chi connectivity index (χ3n) is 4.23. The molecule has 2 unspecified atom stereocenters. The summed E-state index contributed by atoms with van der Waals surface area (Å²) in [5.41, 5.74) is 0.659. The summed E-state index contributed by atoms with van der Waals surface area (Å²) in [6.07, 6.45) is 5.49. The predicted octanol–water partition coefficient (Wildman–Crippen LogP) is 3.67. The molecule has 5 nitrogen and oxygen atoms in total. The molecule has 0 radical (unpaired) electrons. The lowest BCUT2D eigenvalue weighted by molar-refractivity contribution is 0.0511. The summed E-state index contributed by atoms with van der Waals surface area (Å²) < 4.78 is 5.33. The quantitative estimate of drug-likeness (QED) is 0.819. The average Bonchev–Trinajstić information content (AvgIpc) is 2.90. The zero-order chi connectivity index (χ0) is 17.6. The van der Waals surface area contributed by atoms with Crippen LogP contribution in [0.4, 0.5) is 4.79 Å². The predicted molar refractivity (Wildman–Crippen MR) is 98.5 cm³/mol. The lowest BCUT2D eigenvalue weighted by Gasteiger charge is -2.32. The number of thiazole rings is 1. The number of hydrogen-bond acceptors (Lipinski definition) is 5. The van der Waals surface area contributed by atoms with Gasteiger partial charge in [0.15, 0.2) is 0 Å². The number of aromatic nitrogens is 1. The van der Waals surface area contributed by atoms with Crippen molar-refractivity contribution in [3.05, 3.63) is 16.1 Å². The fourth-order valence-electron chi connectivity index (χ4n) is 3.13. The van der Waals surface area contributed by atoms with E-state index >= 15 is 0 Å². The van der Waals surface area contributed by atoms with Crippen molar-refractivity contribution in [1.82, 2.24) is 15.6 Å². The Labute approximate surface area is 149 Å². The lowest BCUT2D eigenvalue weighted by atomic mass is 9.84. The highest BCUT2D eigenvalue weighted by Crippen LogP contribution is 2.24. The maximum atomic E-state index is 11.8. The third kappa shape index (κ3) is 6.77. The monoisotopic (exact) mass is 353 g/mol. The van der Waals surface area contributed by atoms with E-state index in [0.717, 1.165) is 25.1 Å². The molecular weight excluding hydrogens is 322 g/mol. The Morgan fingerprint density at radius 3 is 2.79 bits per heavy atom. The fraction of sp³-hybridized carbons (Fsp3) is 0.778. The molecule has 0 aliphatic heterocycles. The number of alkyl carbamates (subject to hydrolysis) is 1. The fourth-order valence-corrected chi connectivity index (χ4v) is 3.91. The van der Waals surface area contributed by atoms with Gasteiger partial charge in [-0.25, -0.2) is 9.78 Å². The first-order chi connectivity index (χ1) is 11.3. The Morgan fingerprint density at radius 2 is 2.12 bits per heavy atom. The summed E-state index contributed by atoms with van der Waals surface area (Å²) in [5.74, 6) is 0.476. The van der Waals surface area contributed by atoms with Crippen molar-refractivity contribution in [1.29, 1.82) is 0 Å². The lowest BCUT2D eigenvalue weighted by Crippen LogP contribution is -2.45. The minimum atomic E-state index is -0.444. The second-order valence-electron chi connectivity index (χ2n) is 7.62. The van der Waals surface area contributed by atoms with Crippen LogP contribution in [0.5, 0.6) is 0 Å². The summed E-state index contributed by atoms with van der Waals surface area (Å²) in [5, 5.41) is 9.91. The van der Waals surface area contributed by atoms with Crippen molar-refractivity contribution in [3.63, 3.8) is 0 Å². The first-order valence-corrected chi connectivity index (χ1v) is 9.83. The number of aryl methyl sites for hydroxylation is 1. The van der Waals surface area contributed by atoms with Crippen LogP contribution in [0.2, 0.25) is 0 Å². The Kier molecular flexibility index (Phi) is 7.04. The van der Waals surface area contributed by atoms with Crippen molar-refractivity contribution in [2.75, 3.05) is 13.1 Å². The van der Waals surface area contributed by atoms with Crippen molar-refractivity contribution in [2.24, 2.45) is 5.92 Å². The number of hydrogen-bond donors (Lipinski definition) is 2. The normalized spacial score (nSPS) is 21.5. The van der Waals surface area contributed by atoms with E-state index in [1.807, 2.05) is 27.7 Å². The van der Waals surface area contributed by atoms with Crippen molar-refractivity contribution in [2.45, 2.75) is 71.4 Å². The van der Waals surface area contributed by atoms with Crippen molar-refractivity contribution in [3.8, 4) is 0 Å². The second-order valence-corrected chi connectivity index (χ2v) is 8.56. The Balaban J connectivity index is 1.74. The van der Waals surface area contributed by atoms with Gasteiger partial charge in [-0.2, -0.15) is 0 Å². The molecule has 1 amide bonds. The number of amides is 1. The summed E-state index contributed by atoms with van der Waals surface area (Å²) in [6.45, 7) is 9.32. The highest BCUT2D eigenvalue weighted by atomic mass is 32.1. The molecule has 1 aliphatic carbocycles. The summed E-state index contributed by atoms with van der Waals surface area (Å²) in [4.78, 5) is 16.4. The van der Waals surface area contributed by atoms with Crippen LogP contribution in [0.25, 0.3) is 0 Å². The first kappa shape index (κ1) is 19.2. The molecule has 0 bridgehead atoms. The van der Waals surface area contributed by atoms with Crippen molar-refractivity contribution >= 4 is 17.4 Å². The molecule has 1 aliphatic rings. The van der Waals surface area contributed by atoms with Gasteiger partial charge in [-0.15, -0.1) is 11.3 Å². The molecular formula is C18H31N3O2S. The zero-order valence-electron chi connectivity index (χ0n) is 15.4. The van der Waals surface area contributed by atoms with Gasteiger partial charge in [-0.3, -0.25) is 0 Å². The van der Waals surface area contributed by atoms with E-state index in [9.17, 15) is 4.79 Å². The molecule has 6 heteroatoms. The molecule has 1 heterocycles. The number of nitrogens with one attached hydrogen (secondary N) is 2. The zero-order valence-corrected chi connectivity index (χ0v) is 16.2. The van der Waals surface area contributed by atoms with Crippen LogP contribution >= 0.6 is 11.3 Å². The van der Waals surface area contributed by atoms with Gasteiger partial charge < -0.3 is 15.4 Å². The van der Waals surface area contributed by atoms with Crippen LogP contribution in [-0.2, 0) is 11.2 Å². The number of nitrogens with zero attached hydrogens (tertiary/aromatic N) is 1. The van der Waals surface area contributed by atoms with Gasteiger partial charge in [0.1, 0.15) is 5.60 Å². The standard InChI is InChI=1S/C18H31N3O2S/c1-13-12-24-16(21-13)9-10-19-15-8-6-5-7-14(15)11-20-17(22)23-18(2,3)4/h12,14-15,19H,5-11H2,1-4H3,(H,20,22). The maximum absolute atomic E-state index is 11.8. The number of carbonyl (C=O) groups is 1. The summed E-state index contributed by atoms with van der Waals surface area (Å²) >= 11 is 1.73. The molecule has 0 saturated heterocycles.